The van der Waals surface area contributed by atoms with Crippen LogP contribution >= 0.6 is 0 Å². The molecule has 0 fully saturated rings. The molecule has 0 saturated heterocycles. The lowest BCUT2D eigenvalue weighted by Gasteiger charge is -2.33. The fourth-order valence-electron chi connectivity index (χ4n) is 4.09. The highest BCUT2D eigenvalue weighted by atomic mass is 19.1. The van der Waals surface area contributed by atoms with Crippen LogP contribution in [0.25, 0.3) is 10.9 Å². The van der Waals surface area contributed by atoms with Crippen LogP contribution in [0.2, 0.25) is 0 Å². The van der Waals surface area contributed by atoms with Gasteiger partial charge in [0.15, 0.2) is 0 Å². The molecule has 1 aliphatic heterocycles. The molecule has 0 bridgehead atoms. The van der Waals surface area contributed by atoms with Gasteiger partial charge in [0.05, 0.1) is 16.9 Å². The summed E-state index contributed by atoms with van der Waals surface area (Å²) in [5.74, 6) is -0.299. The second-order valence-corrected chi connectivity index (χ2v) is 7.68. The predicted octanol–water partition coefficient (Wildman–Crippen LogP) is 5.03. The number of halogens is 1. The molecule has 0 spiro atoms. The SMILES string of the molecule is CC1(Cc2ccccc2)Cn2cccc2C(c2cnc3c(F)cccc3c2)=N1. The molecular weight excluding hydrogens is 349 g/mol. The molecule has 1 unspecified atom stereocenters. The minimum Gasteiger partial charge on any atom is -0.344 e. The second kappa shape index (κ2) is 6.41. The van der Waals surface area contributed by atoms with Crippen LogP contribution in [0.3, 0.4) is 0 Å². The molecule has 0 saturated carbocycles. The lowest BCUT2D eigenvalue weighted by Crippen LogP contribution is -2.37. The van der Waals surface area contributed by atoms with Crippen molar-refractivity contribution in [2.75, 3.05) is 0 Å². The monoisotopic (exact) mass is 369 g/mol. The Morgan fingerprint density at radius 3 is 2.75 bits per heavy atom. The fourth-order valence-corrected chi connectivity index (χ4v) is 4.09. The van der Waals surface area contributed by atoms with E-state index in [9.17, 15) is 4.39 Å². The Hall–Kier alpha value is -3.27. The van der Waals surface area contributed by atoms with Crippen molar-refractivity contribution in [2.24, 2.45) is 4.99 Å². The van der Waals surface area contributed by atoms with E-state index in [4.69, 9.17) is 4.99 Å². The Bertz CT molecular complexity index is 1190. The third kappa shape index (κ3) is 2.91. The third-order valence-corrected chi connectivity index (χ3v) is 5.33. The van der Waals surface area contributed by atoms with Gasteiger partial charge in [-0.05, 0) is 43.2 Å². The van der Waals surface area contributed by atoms with Crippen LogP contribution in [0, 0.1) is 5.82 Å². The molecular formula is C24H20FN3. The van der Waals surface area contributed by atoms with E-state index < -0.39 is 0 Å². The summed E-state index contributed by atoms with van der Waals surface area (Å²) in [6, 6.07) is 21.6. The van der Waals surface area contributed by atoms with Crippen molar-refractivity contribution in [3.05, 3.63) is 102 Å². The van der Waals surface area contributed by atoms with Crippen molar-refractivity contribution < 1.29 is 4.39 Å². The Morgan fingerprint density at radius 2 is 1.89 bits per heavy atom. The minimum absolute atomic E-state index is 0.264. The Balaban J connectivity index is 1.62. The first kappa shape index (κ1) is 16.9. The van der Waals surface area contributed by atoms with Gasteiger partial charge >= 0.3 is 0 Å². The van der Waals surface area contributed by atoms with E-state index in [-0.39, 0.29) is 11.4 Å². The molecule has 3 nitrogen and oxygen atoms in total. The average Bonchev–Trinajstić information content (AvgIpc) is 3.16. The van der Waals surface area contributed by atoms with Gasteiger partial charge in [0.2, 0.25) is 0 Å². The molecule has 2 aromatic heterocycles. The van der Waals surface area contributed by atoms with Crippen molar-refractivity contribution in [3.8, 4) is 0 Å². The molecule has 2 aromatic carbocycles. The minimum atomic E-state index is -0.299. The van der Waals surface area contributed by atoms with Crippen LogP contribution < -0.4 is 0 Å². The molecule has 0 aliphatic carbocycles. The standard InChI is InChI=1S/C24H20FN3/c1-24(14-17-7-3-2-4-8-17)16-28-12-6-11-21(28)23(27-24)19-13-18-9-5-10-20(25)22(18)26-15-19/h2-13,15H,14,16H2,1H3. The summed E-state index contributed by atoms with van der Waals surface area (Å²) >= 11 is 0. The Labute approximate surface area is 163 Å². The highest BCUT2D eigenvalue weighted by Gasteiger charge is 2.31. The summed E-state index contributed by atoms with van der Waals surface area (Å²) < 4.78 is 16.3. The topological polar surface area (TPSA) is 30.2 Å². The van der Waals surface area contributed by atoms with E-state index in [1.54, 1.807) is 12.3 Å². The number of fused-ring (bicyclic) bond motifs is 2. The van der Waals surface area contributed by atoms with E-state index in [0.29, 0.717) is 5.52 Å². The number of rotatable bonds is 3. The van der Waals surface area contributed by atoms with Gasteiger partial charge in [-0.1, -0.05) is 42.5 Å². The summed E-state index contributed by atoms with van der Waals surface area (Å²) in [7, 11) is 0. The summed E-state index contributed by atoms with van der Waals surface area (Å²) in [6.07, 6.45) is 4.68. The van der Waals surface area contributed by atoms with Gasteiger partial charge in [-0.15, -0.1) is 0 Å². The summed E-state index contributed by atoms with van der Waals surface area (Å²) in [5, 5.41) is 0.786. The number of pyridine rings is 1. The van der Waals surface area contributed by atoms with Gasteiger partial charge in [-0.25, -0.2) is 4.39 Å². The first-order valence-electron chi connectivity index (χ1n) is 9.45. The normalized spacial score (nSPS) is 18.7. The summed E-state index contributed by atoms with van der Waals surface area (Å²) in [4.78, 5) is 9.56. The van der Waals surface area contributed by atoms with Crippen LogP contribution in [-0.4, -0.2) is 20.8 Å². The number of aliphatic imine (C=N–C) groups is 1. The maximum Gasteiger partial charge on any atom is 0.149 e. The van der Waals surface area contributed by atoms with Gasteiger partial charge in [-0.2, -0.15) is 0 Å². The zero-order valence-corrected chi connectivity index (χ0v) is 15.6. The van der Waals surface area contributed by atoms with E-state index in [0.717, 1.165) is 35.3 Å². The van der Waals surface area contributed by atoms with Gasteiger partial charge < -0.3 is 4.57 Å². The summed E-state index contributed by atoms with van der Waals surface area (Å²) in [6.45, 7) is 3.01. The van der Waals surface area contributed by atoms with Gasteiger partial charge in [0.1, 0.15) is 11.3 Å². The first-order chi connectivity index (χ1) is 13.6. The first-order valence-corrected chi connectivity index (χ1v) is 9.45. The molecule has 28 heavy (non-hydrogen) atoms. The predicted molar refractivity (Wildman–Crippen MR) is 110 cm³/mol. The highest BCUT2D eigenvalue weighted by molar-refractivity contribution is 6.13. The van der Waals surface area contributed by atoms with Gasteiger partial charge in [0, 0.05) is 29.9 Å². The maximum absolute atomic E-state index is 14.0. The lowest BCUT2D eigenvalue weighted by molar-refractivity contribution is 0.387. The van der Waals surface area contributed by atoms with E-state index in [1.807, 2.05) is 24.3 Å². The van der Waals surface area contributed by atoms with E-state index in [2.05, 4.69) is 53.0 Å². The molecule has 0 radical (unpaired) electrons. The number of para-hydroxylation sites is 1. The maximum atomic E-state index is 14.0. The molecule has 138 valence electrons. The Morgan fingerprint density at radius 1 is 1.04 bits per heavy atom. The number of hydrogen-bond donors (Lipinski definition) is 0. The van der Waals surface area contributed by atoms with Crippen molar-refractivity contribution >= 4 is 16.6 Å². The van der Waals surface area contributed by atoms with Crippen LogP contribution in [0.5, 0.6) is 0 Å². The van der Waals surface area contributed by atoms with Crippen molar-refractivity contribution in [2.45, 2.75) is 25.4 Å². The number of nitrogens with zero attached hydrogens (tertiary/aromatic N) is 3. The third-order valence-electron chi connectivity index (χ3n) is 5.33. The molecule has 1 aliphatic rings. The molecule has 0 amide bonds. The van der Waals surface area contributed by atoms with Crippen LogP contribution in [0.15, 0.2) is 84.1 Å². The van der Waals surface area contributed by atoms with E-state index in [1.165, 1.54) is 11.6 Å². The average molecular weight is 369 g/mol. The molecule has 5 rings (SSSR count). The smallest absolute Gasteiger partial charge is 0.149 e. The fraction of sp³-hybridized carbons (Fsp3) is 0.167. The van der Waals surface area contributed by atoms with Crippen LogP contribution in [0.4, 0.5) is 4.39 Å². The van der Waals surface area contributed by atoms with Crippen molar-refractivity contribution in [3.63, 3.8) is 0 Å². The molecule has 4 aromatic rings. The lowest BCUT2D eigenvalue weighted by atomic mass is 9.90. The quantitative estimate of drug-likeness (QED) is 0.498. The second-order valence-electron chi connectivity index (χ2n) is 7.68. The molecule has 3 heterocycles. The van der Waals surface area contributed by atoms with E-state index >= 15 is 0 Å². The zero-order valence-electron chi connectivity index (χ0n) is 15.6. The van der Waals surface area contributed by atoms with Crippen molar-refractivity contribution in [1.29, 1.82) is 0 Å². The largest absolute Gasteiger partial charge is 0.344 e. The highest BCUT2D eigenvalue weighted by Crippen LogP contribution is 2.29. The number of hydrogen-bond acceptors (Lipinski definition) is 2. The van der Waals surface area contributed by atoms with Gasteiger partial charge in [0.25, 0.3) is 0 Å². The van der Waals surface area contributed by atoms with Crippen molar-refractivity contribution in [1.82, 2.24) is 9.55 Å². The molecule has 4 heteroatoms. The molecule has 0 N–H and O–H groups in total. The van der Waals surface area contributed by atoms with Crippen LogP contribution in [0.1, 0.15) is 23.7 Å². The number of aromatic nitrogens is 2. The Kier molecular flexibility index (Phi) is 3.86. The molecule has 1 atom stereocenters. The summed E-state index contributed by atoms with van der Waals surface area (Å²) in [5.41, 5.74) is 4.29. The van der Waals surface area contributed by atoms with Gasteiger partial charge in [-0.3, -0.25) is 9.98 Å². The zero-order chi connectivity index (χ0) is 19.1. The van der Waals surface area contributed by atoms with Crippen LogP contribution in [-0.2, 0) is 13.0 Å². The number of benzene rings is 2.